The zero-order valence-electron chi connectivity index (χ0n) is 8.58. The Morgan fingerprint density at radius 3 is 3.20 bits per heavy atom. The Balaban J connectivity index is 1.99. The number of nitrogens with two attached hydrogens (primary N) is 1. The Morgan fingerprint density at radius 1 is 1.60 bits per heavy atom. The summed E-state index contributed by atoms with van der Waals surface area (Å²) in [7, 11) is 1.79. The third kappa shape index (κ3) is 2.16. The van der Waals surface area contributed by atoms with Gasteiger partial charge in [-0.1, -0.05) is 6.08 Å². The second kappa shape index (κ2) is 4.68. The van der Waals surface area contributed by atoms with Crippen LogP contribution in [-0.4, -0.2) is 62.4 Å². The summed E-state index contributed by atoms with van der Waals surface area (Å²) in [5.41, 5.74) is 6.42. The van der Waals surface area contributed by atoms with Crippen LogP contribution < -0.4 is 5.73 Å². The standard InChI is InChI=1S/C7H13B3N4O/c11-3-5-1-2-6-7(13-5)12-4-14(6)9-8-10-15/h1-2,4,6-10,15H,3,11H2. The molecule has 0 fully saturated rings. The molecule has 0 aromatic rings. The fraction of sp³-hybridized carbons (Fsp3) is 0.429. The summed E-state index contributed by atoms with van der Waals surface area (Å²) in [6, 6.07) is 0.215. The Bertz CT molecular complexity index is 319. The van der Waals surface area contributed by atoms with E-state index in [1.807, 2.05) is 12.4 Å². The molecule has 0 spiro atoms. The molecule has 2 aliphatic heterocycles. The number of hydrogen-bond acceptors (Lipinski definition) is 5. The van der Waals surface area contributed by atoms with E-state index < -0.39 is 0 Å². The van der Waals surface area contributed by atoms with Gasteiger partial charge in [0, 0.05) is 6.54 Å². The van der Waals surface area contributed by atoms with Crippen molar-refractivity contribution in [2.24, 2.45) is 15.7 Å². The summed E-state index contributed by atoms with van der Waals surface area (Å²) in [4.78, 5) is 10.8. The zero-order chi connectivity index (χ0) is 10.7. The predicted molar refractivity (Wildman–Crippen MR) is 67.2 cm³/mol. The van der Waals surface area contributed by atoms with Crippen molar-refractivity contribution >= 4 is 33.8 Å². The summed E-state index contributed by atoms with van der Waals surface area (Å²) < 4.78 is 0. The number of aliphatic imine (C=N–C) groups is 2. The molecule has 2 atom stereocenters. The minimum Gasteiger partial charge on any atom is -0.464 e. The number of fused-ring (bicyclic) bond motifs is 1. The molecule has 0 saturated heterocycles. The molecule has 2 rings (SSSR count). The van der Waals surface area contributed by atoms with Gasteiger partial charge in [0.1, 0.15) is 7.06 Å². The van der Waals surface area contributed by atoms with Gasteiger partial charge >= 0.3 is 0 Å². The van der Waals surface area contributed by atoms with Crippen LogP contribution in [0.1, 0.15) is 0 Å². The molecular weight excluding hydrogens is 189 g/mol. The van der Waals surface area contributed by atoms with Crippen molar-refractivity contribution in [2.75, 3.05) is 6.54 Å². The van der Waals surface area contributed by atoms with E-state index in [0.29, 0.717) is 6.54 Å². The van der Waals surface area contributed by atoms with E-state index in [1.165, 1.54) is 0 Å². The maximum Gasteiger partial charge on any atom is 0.224 e. The molecule has 0 bridgehead atoms. The number of rotatable bonds is 4. The summed E-state index contributed by atoms with van der Waals surface area (Å²) >= 11 is 0. The normalized spacial score (nSPS) is 27.3. The predicted octanol–water partition coefficient (Wildman–Crippen LogP) is -3.04. The quantitative estimate of drug-likeness (QED) is 0.475. The summed E-state index contributed by atoms with van der Waals surface area (Å²) in [6.07, 6.45) is 5.83. The molecular formula is C7H13B3N4O. The molecule has 0 aromatic heterocycles. The molecule has 2 unspecified atom stereocenters. The van der Waals surface area contributed by atoms with Gasteiger partial charge in [0.25, 0.3) is 0 Å². The molecule has 2 aliphatic rings. The second-order valence-electron chi connectivity index (χ2n) is 3.67. The van der Waals surface area contributed by atoms with E-state index in [1.54, 1.807) is 0 Å². The molecule has 0 radical (unpaired) electrons. The number of nitrogens with zero attached hydrogens (tertiary/aromatic N) is 3. The molecule has 0 amide bonds. The van der Waals surface area contributed by atoms with Crippen molar-refractivity contribution in [3.63, 3.8) is 0 Å². The monoisotopic (exact) mass is 202 g/mol. The molecule has 0 aromatic carbocycles. The van der Waals surface area contributed by atoms with Crippen LogP contribution in [0.5, 0.6) is 0 Å². The molecule has 15 heavy (non-hydrogen) atoms. The fourth-order valence-corrected chi connectivity index (χ4v) is 1.81. The third-order valence-electron chi connectivity index (χ3n) is 2.62. The van der Waals surface area contributed by atoms with Gasteiger partial charge in [0.15, 0.2) is 13.5 Å². The lowest BCUT2D eigenvalue weighted by Crippen LogP contribution is -2.42. The van der Waals surface area contributed by atoms with E-state index in [-0.39, 0.29) is 19.6 Å². The van der Waals surface area contributed by atoms with Gasteiger partial charge in [0.05, 0.1) is 18.1 Å². The molecule has 2 heterocycles. The van der Waals surface area contributed by atoms with Gasteiger partial charge in [-0.3, -0.25) is 4.99 Å². The Kier molecular flexibility index (Phi) is 3.28. The highest BCUT2D eigenvalue weighted by Gasteiger charge is 2.29. The topological polar surface area (TPSA) is 74.2 Å². The minimum atomic E-state index is -0.0350. The van der Waals surface area contributed by atoms with Crippen molar-refractivity contribution in [2.45, 2.75) is 12.2 Å². The van der Waals surface area contributed by atoms with Crippen molar-refractivity contribution in [3.8, 4) is 0 Å². The third-order valence-corrected chi connectivity index (χ3v) is 2.62. The molecule has 0 aliphatic carbocycles. The number of dihydropyridines is 1. The number of hydrogen-bond donors (Lipinski definition) is 2. The minimum absolute atomic E-state index is 0.0350. The van der Waals surface area contributed by atoms with Gasteiger partial charge in [-0.05, 0) is 6.08 Å². The van der Waals surface area contributed by atoms with Crippen LogP contribution in [0.2, 0.25) is 0 Å². The van der Waals surface area contributed by atoms with Crippen LogP contribution in [-0.2, 0) is 0 Å². The molecule has 3 N–H and O–H groups in total. The van der Waals surface area contributed by atoms with Crippen LogP contribution in [0, 0.1) is 0 Å². The first kappa shape index (κ1) is 10.5. The van der Waals surface area contributed by atoms with E-state index in [0.717, 1.165) is 20.1 Å². The van der Waals surface area contributed by atoms with E-state index >= 15 is 0 Å². The van der Waals surface area contributed by atoms with Gasteiger partial charge in [-0.2, -0.15) is 0 Å². The van der Waals surface area contributed by atoms with Crippen LogP contribution in [0.25, 0.3) is 0 Å². The van der Waals surface area contributed by atoms with E-state index in [9.17, 15) is 0 Å². The summed E-state index contributed by atoms with van der Waals surface area (Å²) in [5.74, 6) is 0. The SMILES string of the molecule is NCC1=NC2N=CN(BBBO)C2C=C1. The van der Waals surface area contributed by atoms with Crippen molar-refractivity contribution in [1.29, 1.82) is 0 Å². The summed E-state index contributed by atoms with van der Waals surface area (Å²) in [6.45, 7) is 0.464. The lowest BCUT2D eigenvalue weighted by atomic mass is 9.29. The van der Waals surface area contributed by atoms with Crippen LogP contribution in [0.3, 0.4) is 0 Å². The molecule has 5 nitrogen and oxygen atoms in total. The van der Waals surface area contributed by atoms with Gasteiger partial charge in [-0.25, -0.2) is 4.99 Å². The first-order valence-corrected chi connectivity index (χ1v) is 5.20. The Hall–Kier alpha value is -1.01. The smallest absolute Gasteiger partial charge is 0.224 e. The molecule has 8 heteroatoms. The van der Waals surface area contributed by atoms with Gasteiger partial charge in [-0.15, -0.1) is 0 Å². The highest BCUT2D eigenvalue weighted by Crippen LogP contribution is 2.18. The first-order chi connectivity index (χ1) is 7.35. The van der Waals surface area contributed by atoms with Crippen molar-refractivity contribution in [1.82, 2.24) is 4.81 Å². The summed E-state index contributed by atoms with van der Waals surface area (Å²) in [5, 5.41) is 8.77. The highest BCUT2D eigenvalue weighted by molar-refractivity contribution is 7.26. The van der Waals surface area contributed by atoms with Gasteiger partial charge in [0.2, 0.25) is 7.37 Å². The Morgan fingerprint density at radius 2 is 2.47 bits per heavy atom. The maximum atomic E-state index is 8.77. The molecule has 76 valence electrons. The maximum absolute atomic E-state index is 8.77. The lowest BCUT2D eigenvalue weighted by Gasteiger charge is -2.25. The largest absolute Gasteiger partial charge is 0.464 e. The lowest BCUT2D eigenvalue weighted by molar-refractivity contribution is 0.508. The van der Waals surface area contributed by atoms with Crippen LogP contribution in [0.4, 0.5) is 0 Å². The average Bonchev–Trinajstić information content (AvgIpc) is 2.68. The van der Waals surface area contributed by atoms with Crippen molar-refractivity contribution < 1.29 is 5.02 Å². The van der Waals surface area contributed by atoms with E-state index in [2.05, 4.69) is 20.9 Å². The molecule has 0 saturated carbocycles. The fourth-order valence-electron chi connectivity index (χ4n) is 1.81. The highest BCUT2D eigenvalue weighted by atomic mass is 16.2. The van der Waals surface area contributed by atoms with Crippen LogP contribution in [0.15, 0.2) is 22.1 Å². The second-order valence-corrected chi connectivity index (χ2v) is 3.67. The Labute approximate surface area is 90.9 Å². The van der Waals surface area contributed by atoms with Gasteiger partial charge < -0.3 is 15.6 Å². The van der Waals surface area contributed by atoms with E-state index in [4.69, 9.17) is 10.8 Å². The van der Waals surface area contributed by atoms with Crippen molar-refractivity contribution in [3.05, 3.63) is 12.2 Å². The van der Waals surface area contributed by atoms with Crippen LogP contribution >= 0.6 is 0 Å². The first-order valence-electron chi connectivity index (χ1n) is 5.20. The average molecular weight is 202 g/mol. The zero-order valence-corrected chi connectivity index (χ0v) is 8.58.